The molecule has 0 saturated carbocycles. The number of rotatable bonds is 4. The van der Waals surface area contributed by atoms with Crippen molar-refractivity contribution in [2.24, 2.45) is 0 Å². The van der Waals surface area contributed by atoms with Crippen LogP contribution in [0.25, 0.3) is 0 Å². The summed E-state index contributed by atoms with van der Waals surface area (Å²) in [5, 5.41) is 6.44. The molecule has 1 aliphatic rings. The van der Waals surface area contributed by atoms with Gasteiger partial charge in [0.05, 0.1) is 11.5 Å². The molecule has 1 aromatic rings. The minimum absolute atomic E-state index is 0.0796. The molecule has 2 atom stereocenters. The number of nitrogens with one attached hydrogen (secondary N) is 2. The fraction of sp³-hybridized carbons (Fsp3) is 0.562. The molecule has 1 aliphatic heterocycles. The highest BCUT2D eigenvalue weighted by Gasteiger charge is 2.30. The van der Waals surface area contributed by atoms with E-state index in [0.29, 0.717) is 12.6 Å². The van der Waals surface area contributed by atoms with Gasteiger partial charge in [0.25, 0.3) is 0 Å². The minimum Gasteiger partial charge on any atom is -0.382 e. The number of para-hydroxylation sites is 1. The Morgan fingerprint density at radius 1 is 1.45 bits per heavy atom. The highest BCUT2D eigenvalue weighted by Crippen LogP contribution is 2.34. The Morgan fingerprint density at radius 3 is 2.85 bits per heavy atom. The summed E-state index contributed by atoms with van der Waals surface area (Å²) in [5.74, 6) is -0.00830. The quantitative estimate of drug-likeness (QED) is 0.888. The molecule has 20 heavy (non-hydrogen) atoms. The standard InChI is InChI=1S/C16H24N2O2/c1-11-9-13(12-7-5-6-8-14(12)18-11)15(19)17-10-16(2,3)20-4/h5-8,11,13,18H,9-10H2,1-4H3,(H,17,19). The fourth-order valence-corrected chi connectivity index (χ4v) is 2.48. The Bertz CT molecular complexity index is 485. The summed E-state index contributed by atoms with van der Waals surface area (Å²) in [7, 11) is 1.66. The maximum absolute atomic E-state index is 12.5. The van der Waals surface area contributed by atoms with E-state index in [-0.39, 0.29) is 17.4 Å². The van der Waals surface area contributed by atoms with E-state index in [1.807, 2.05) is 38.1 Å². The number of ether oxygens (including phenoxy) is 1. The van der Waals surface area contributed by atoms with Crippen LogP contribution in [-0.4, -0.2) is 31.2 Å². The smallest absolute Gasteiger partial charge is 0.227 e. The molecule has 0 radical (unpaired) electrons. The summed E-state index contributed by atoms with van der Waals surface area (Å²) in [6, 6.07) is 8.34. The normalized spacial score (nSPS) is 21.8. The van der Waals surface area contributed by atoms with Crippen LogP contribution in [0.2, 0.25) is 0 Å². The Hall–Kier alpha value is -1.55. The predicted molar refractivity (Wildman–Crippen MR) is 81.0 cm³/mol. The van der Waals surface area contributed by atoms with Gasteiger partial charge in [0.15, 0.2) is 0 Å². The number of benzene rings is 1. The van der Waals surface area contributed by atoms with Crippen molar-refractivity contribution >= 4 is 11.6 Å². The molecule has 2 rings (SSSR count). The van der Waals surface area contributed by atoms with Crippen molar-refractivity contribution < 1.29 is 9.53 Å². The second-order valence-electron chi connectivity index (χ2n) is 6.10. The molecule has 4 heteroatoms. The highest BCUT2D eigenvalue weighted by atomic mass is 16.5. The number of hydrogen-bond donors (Lipinski definition) is 2. The van der Waals surface area contributed by atoms with E-state index >= 15 is 0 Å². The number of hydrogen-bond acceptors (Lipinski definition) is 3. The summed E-state index contributed by atoms with van der Waals surface area (Å²) >= 11 is 0. The van der Waals surface area contributed by atoms with Gasteiger partial charge < -0.3 is 15.4 Å². The maximum Gasteiger partial charge on any atom is 0.227 e. The topological polar surface area (TPSA) is 50.4 Å². The van der Waals surface area contributed by atoms with E-state index in [9.17, 15) is 4.79 Å². The number of fused-ring (bicyclic) bond motifs is 1. The van der Waals surface area contributed by atoms with Gasteiger partial charge in [-0.25, -0.2) is 0 Å². The number of amides is 1. The molecule has 0 aromatic heterocycles. The molecule has 1 aromatic carbocycles. The second kappa shape index (κ2) is 5.83. The molecule has 2 N–H and O–H groups in total. The molecule has 0 fully saturated rings. The van der Waals surface area contributed by atoms with Gasteiger partial charge in [0.2, 0.25) is 5.91 Å². The average molecular weight is 276 g/mol. The first kappa shape index (κ1) is 14.9. The third-order valence-electron chi connectivity index (χ3n) is 3.88. The van der Waals surface area contributed by atoms with Gasteiger partial charge in [-0.15, -0.1) is 0 Å². The molecule has 4 nitrogen and oxygen atoms in total. The van der Waals surface area contributed by atoms with Gasteiger partial charge in [0, 0.05) is 25.4 Å². The summed E-state index contributed by atoms with van der Waals surface area (Å²) in [5.41, 5.74) is 1.81. The third kappa shape index (κ3) is 3.31. The Balaban J connectivity index is 2.10. The lowest BCUT2D eigenvalue weighted by atomic mass is 9.86. The van der Waals surface area contributed by atoms with Gasteiger partial charge in [0.1, 0.15) is 0 Å². The van der Waals surface area contributed by atoms with E-state index in [1.165, 1.54) is 0 Å². The van der Waals surface area contributed by atoms with Crippen LogP contribution in [-0.2, 0) is 9.53 Å². The first-order valence-electron chi connectivity index (χ1n) is 7.11. The zero-order valence-corrected chi connectivity index (χ0v) is 12.7. The molecule has 110 valence electrons. The number of anilines is 1. The van der Waals surface area contributed by atoms with E-state index in [1.54, 1.807) is 7.11 Å². The van der Waals surface area contributed by atoms with Crippen LogP contribution >= 0.6 is 0 Å². The van der Waals surface area contributed by atoms with Crippen LogP contribution < -0.4 is 10.6 Å². The van der Waals surface area contributed by atoms with Gasteiger partial charge in [-0.05, 0) is 38.8 Å². The van der Waals surface area contributed by atoms with E-state index in [0.717, 1.165) is 17.7 Å². The SMILES string of the molecule is COC(C)(C)CNC(=O)C1CC(C)Nc2ccccc21. The van der Waals surface area contributed by atoms with Crippen LogP contribution in [0.5, 0.6) is 0 Å². The first-order valence-corrected chi connectivity index (χ1v) is 7.11. The van der Waals surface area contributed by atoms with Crippen molar-refractivity contribution in [2.45, 2.75) is 44.8 Å². The first-order chi connectivity index (χ1) is 9.43. The second-order valence-corrected chi connectivity index (χ2v) is 6.10. The molecule has 0 bridgehead atoms. The van der Waals surface area contributed by atoms with Crippen molar-refractivity contribution in [1.82, 2.24) is 5.32 Å². The van der Waals surface area contributed by atoms with E-state index in [4.69, 9.17) is 4.74 Å². The average Bonchev–Trinajstić information content (AvgIpc) is 2.44. The molecule has 1 amide bonds. The minimum atomic E-state index is -0.340. The number of methoxy groups -OCH3 is 1. The fourth-order valence-electron chi connectivity index (χ4n) is 2.48. The van der Waals surface area contributed by atoms with E-state index < -0.39 is 0 Å². The van der Waals surface area contributed by atoms with Gasteiger partial charge in [-0.2, -0.15) is 0 Å². The van der Waals surface area contributed by atoms with Gasteiger partial charge in [-0.1, -0.05) is 18.2 Å². The van der Waals surface area contributed by atoms with Crippen molar-refractivity contribution in [2.75, 3.05) is 19.0 Å². The van der Waals surface area contributed by atoms with Crippen LogP contribution in [0.3, 0.4) is 0 Å². The molecular formula is C16H24N2O2. The van der Waals surface area contributed by atoms with Crippen molar-refractivity contribution in [3.63, 3.8) is 0 Å². The summed E-state index contributed by atoms with van der Waals surface area (Å²) < 4.78 is 5.34. The van der Waals surface area contributed by atoms with Crippen LogP contribution in [0.15, 0.2) is 24.3 Å². The van der Waals surface area contributed by atoms with Crippen molar-refractivity contribution in [3.05, 3.63) is 29.8 Å². The van der Waals surface area contributed by atoms with Crippen LogP contribution in [0, 0.1) is 0 Å². The Kier molecular flexibility index (Phi) is 4.33. The molecular weight excluding hydrogens is 252 g/mol. The zero-order chi connectivity index (χ0) is 14.8. The number of carbonyl (C=O) groups excluding carboxylic acids is 1. The van der Waals surface area contributed by atoms with Gasteiger partial charge in [-0.3, -0.25) is 4.79 Å². The summed E-state index contributed by atoms with van der Waals surface area (Å²) in [4.78, 5) is 12.5. The zero-order valence-electron chi connectivity index (χ0n) is 12.7. The van der Waals surface area contributed by atoms with E-state index in [2.05, 4.69) is 17.6 Å². The molecule has 1 heterocycles. The lowest BCUT2D eigenvalue weighted by molar-refractivity contribution is -0.124. The monoisotopic (exact) mass is 276 g/mol. The third-order valence-corrected chi connectivity index (χ3v) is 3.88. The van der Waals surface area contributed by atoms with Crippen LogP contribution in [0.4, 0.5) is 5.69 Å². The lowest BCUT2D eigenvalue weighted by Crippen LogP contribution is -2.43. The van der Waals surface area contributed by atoms with Crippen molar-refractivity contribution in [3.8, 4) is 0 Å². The summed E-state index contributed by atoms with van der Waals surface area (Å²) in [6.45, 7) is 6.55. The van der Waals surface area contributed by atoms with Gasteiger partial charge >= 0.3 is 0 Å². The lowest BCUT2D eigenvalue weighted by Gasteiger charge is -2.31. The summed E-state index contributed by atoms with van der Waals surface area (Å²) in [6.07, 6.45) is 0.816. The van der Waals surface area contributed by atoms with Crippen molar-refractivity contribution in [1.29, 1.82) is 0 Å². The molecule has 0 saturated heterocycles. The Morgan fingerprint density at radius 2 is 2.15 bits per heavy atom. The Labute approximate surface area is 120 Å². The highest BCUT2D eigenvalue weighted by molar-refractivity contribution is 5.86. The maximum atomic E-state index is 12.5. The van der Waals surface area contributed by atoms with Crippen LogP contribution in [0.1, 0.15) is 38.7 Å². The molecule has 2 unspecified atom stereocenters. The predicted octanol–water partition coefficient (Wildman–Crippen LogP) is 2.52. The largest absolute Gasteiger partial charge is 0.382 e. The number of carbonyl (C=O) groups is 1. The molecule has 0 spiro atoms. The molecule has 0 aliphatic carbocycles.